The highest BCUT2D eigenvalue weighted by molar-refractivity contribution is 9.10. The fourth-order valence-corrected chi connectivity index (χ4v) is 7.50. The normalized spacial score (nSPS) is 40.8. The van der Waals surface area contributed by atoms with Crippen molar-refractivity contribution in [2.75, 3.05) is 19.1 Å². The average molecular weight is 421 g/mol. The first-order valence-electron chi connectivity index (χ1n) is 9.53. The number of hydrogen-bond acceptors (Lipinski definition) is 4. The number of halogens is 1. The lowest BCUT2D eigenvalue weighted by Crippen LogP contribution is -2.70. The van der Waals surface area contributed by atoms with Gasteiger partial charge in [-0.15, -0.1) is 0 Å². The molecule has 5 heteroatoms. The van der Waals surface area contributed by atoms with Crippen LogP contribution in [0.1, 0.15) is 50.0 Å². The molecule has 4 fully saturated rings. The summed E-state index contributed by atoms with van der Waals surface area (Å²) in [6, 6.07) is 9.09. The van der Waals surface area contributed by atoms with Crippen LogP contribution in [0.2, 0.25) is 0 Å². The molecule has 6 rings (SSSR count). The van der Waals surface area contributed by atoms with E-state index in [0.29, 0.717) is 5.92 Å². The topological polar surface area (TPSA) is 24.8 Å². The second-order valence-corrected chi connectivity index (χ2v) is 9.78. The molecule has 0 aromatic heterocycles. The van der Waals surface area contributed by atoms with E-state index < -0.39 is 0 Å². The average Bonchev–Trinajstić information content (AvgIpc) is 3.15. The van der Waals surface area contributed by atoms with Gasteiger partial charge in [0.15, 0.2) is 0 Å². The highest BCUT2D eigenvalue weighted by atomic mass is 79.9. The summed E-state index contributed by atoms with van der Waals surface area (Å²) >= 11 is 5.51. The Bertz CT molecular complexity index is 665. The Labute approximate surface area is 162 Å². The van der Waals surface area contributed by atoms with Gasteiger partial charge >= 0.3 is 0 Å². The third-order valence-electron chi connectivity index (χ3n) is 7.06. The molecule has 3 aliphatic carbocycles. The van der Waals surface area contributed by atoms with Gasteiger partial charge in [0.2, 0.25) is 0 Å². The molecule has 3 nitrogen and oxygen atoms in total. The van der Waals surface area contributed by atoms with E-state index in [0.717, 1.165) is 31.4 Å². The molecular weight excluding hydrogens is 396 g/mol. The van der Waals surface area contributed by atoms with E-state index in [4.69, 9.17) is 9.73 Å². The Kier molecular flexibility index (Phi) is 4.27. The van der Waals surface area contributed by atoms with Crippen LogP contribution in [0, 0.1) is 5.92 Å². The Balaban J connectivity index is 1.62. The van der Waals surface area contributed by atoms with E-state index >= 15 is 0 Å². The molecule has 0 radical (unpaired) electrons. The summed E-state index contributed by atoms with van der Waals surface area (Å²) < 4.78 is 9.51. The molecule has 1 aromatic carbocycles. The maximum atomic E-state index is 5.65. The van der Waals surface area contributed by atoms with Crippen molar-refractivity contribution < 1.29 is 4.74 Å². The van der Waals surface area contributed by atoms with Crippen LogP contribution >= 0.6 is 27.9 Å². The van der Waals surface area contributed by atoms with Gasteiger partial charge in [0.1, 0.15) is 5.94 Å². The maximum absolute atomic E-state index is 5.65. The van der Waals surface area contributed by atoms with E-state index in [1.165, 1.54) is 42.1 Å². The highest BCUT2D eigenvalue weighted by Gasteiger charge is 2.66. The van der Waals surface area contributed by atoms with Crippen molar-refractivity contribution in [1.29, 1.82) is 0 Å². The van der Waals surface area contributed by atoms with Crippen LogP contribution in [0.15, 0.2) is 33.7 Å². The monoisotopic (exact) mass is 420 g/mol. The molecule has 5 aliphatic rings. The predicted molar refractivity (Wildman–Crippen MR) is 107 cm³/mol. The molecule has 25 heavy (non-hydrogen) atoms. The largest absolute Gasteiger partial charge is 0.368 e. The van der Waals surface area contributed by atoms with Gasteiger partial charge in [0.25, 0.3) is 0 Å². The zero-order valence-corrected chi connectivity index (χ0v) is 16.9. The minimum atomic E-state index is 0.0618. The molecule has 2 unspecified atom stereocenters. The number of fused-ring (bicyclic) bond motifs is 2. The van der Waals surface area contributed by atoms with Gasteiger partial charge in [0, 0.05) is 16.9 Å². The van der Waals surface area contributed by atoms with Crippen LogP contribution in [0.5, 0.6) is 0 Å². The van der Waals surface area contributed by atoms with Crippen molar-refractivity contribution in [3.05, 3.63) is 34.3 Å². The van der Waals surface area contributed by atoms with E-state index in [1.807, 2.05) is 11.9 Å². The standard InChI is InChI=1S/C20H25BrN2OS/c21-17-4-2-15(3-5-17)18-16-6-9-19(10-7-16,20(18)8-1-11-22-20)23-12-13-24-14-25-23/h2-5,11,16,18H,1,6-10,12-14H2. The number of hydrogen-bond donors (Lipinski definition) is 0. The van der Waals surface area contributed by atoms with Gasteiger partial charge in [-0.3, -0.25) is 4.99 Å². The minimum Gasteiger partial charge on any atom is -0.368 e. The zero-order chi connectivity index (χ0) is 16.9. The second-order valence-electron chi connectivity index (χ2n) is 7.93. The van der Waals surface area contributed by atoms with Gasteiger partial charge in [0.05, 0.1) is 17.7 Å². The lowest BCUT2D eigenvalue weighted by atomic mass is 9.48. The zero-order valence-electron chi connectivity index (χ0n) is 14.5. The lowest BCUT2D eigenvalue weighted by molar-refractivity contribution is -0.0598. The van der Waals surface area contributed by atoms with Crippen LogP contribution in [0.4, 0.5) is 0 Å². The molecule has 3 saturated carbocycles. The number of rotatable bonds is 2. The predicted octanol–water partition coefficient (Wildman–Crippen LogP) is 5.02. The number of nitrogens with zero attached hydrogens (tertiary/aromatic N) is 2. The SMILES string of the molecule is Brc1ccc(C2C3CCC(N4CCOCS4)(CC3)C23CCC=N3)cc1. The molecule has 1 aromatic rings. The summed E-state index contributed by atoms with van der Waals surface area (Å²) in [6.45, 7) is 1.90. The molecule has 2 heterocycles. The summed E-state index contributed by atoms with van der Waals surface area (Å²) in [6.07, 6.45) is 9.86. The number of ether oxygens (including phenoxy) is 1. The number of benzene rings is 1. The Morgan fingerprint density at radius 2 is 1.96 bits per heavy atom. The van der Waals surface area contributed by atoms with Crippen molar-refractivity contribution in [2.45, 2.75) is 55.5 Å². The van der Waals surface area contributed by atoms with Crippen LogP contribution < -0.4 is 0 Å². The van der Waals surface area contributed by atoms with Gasteiger partial charge in [-0.25, -0.2) is 4.31 Å². The maximum Gasteiger partial charge on any atom is 0.107 e. The fraction of sp³-hybridized carbons (Fsp3) is 0.650. The molecule has 1 spiro atoms. The third-order valence-corrected chi connectivity index (χ3v) is 8.71. The molecule has 1 saturated heterocycles. The van der Waals surface area contributed by atoms with Crippen molar-refractivity contribution in [3.8, 4) is 0 Å². The van der Waals surface area contributed by atoms with Crippen LogP contribution in [-0.4, -0.2) is 40.7 Å². The third kappa shape index (κ3) is 2.42. The van der Waals surface area contributed by atoms with E-state index in [9.17, 15) is 0 Å². The first-order chi connectivity index (χ1) is 12.3. The first-order valence-corrected chi connectivity index (χ1v) is 11.3. The number of aliphatic imine (C=N–C) groups is 1. The van der Waals surface area contributed by atoms with Gasteiger partial charge < -0.3 is 4.74 Å². The Morgan fingerprint density at radius 3 is 2.60 bits per heavy atom. The second kappa shape index (κ2) is 6.36. The van der Waals surface area contributed by atoms with Crippen LogP contribution in [0.3, 0.4) is 0 Å². The van der Waals surface area contributed by atoms with Crippen molar-refractivity contribution in [3.63, 3.8) is 0 Å². The van der Waals surface area contributed by atoms with Gasteiger partial charge in [-0.2, -0.15) is 0 Å². The van der Waals surface area contributed by atoms with Crippen LogP contribution in [0.25, 0.3) is 0 Å². The lowest BCUT2D eigenvalue weighted by Gasteiger charge is -2.65. The van der Waals surface area contributed by atoms with Crippen molar-refractivity contribution >= 4 is 34.1 Å². The highest BCUT2D eigenvalue weighted by Crippen LogP contribution is 2.65. The van der Waals surface area contributed by atoms with Crippen molar-refractivity contribution in [2.24, 2.45) is 10.9 Å². The molecule has 2 atom stereocenters. The summed E-state index contributed by atoms with van der Waals surface area (Å²) in [5.74, 6) is 2.14. The summed E-state index contributed by atoms with van der Waals surface area (Å²) in [5.41, 5.74) is 1.77. The molecule has 2 bridgehead atoms. The summed E-state index contributed by atoms with van der Waals surface area (Å²) in [7, 11) is 0. The summed E-state index contributed by atoms with van der Waals surface area (Å²) in [4.78, 5) is 5.30. The minimum absolute atomic E-state index is 0.0618. The van der Waals surface area contributed by atoms with Gasteiger partial charge in [-0.1, -0.05) is 28.1 Å². The van der Waals surface area contributed by atoms with Crippen molar-refractivity contribution in [1.82, 2.24) is 4.31 Å². The smallest absolute Gasteiger partial charge is 0.107 e. The molecular formula is C20H25BrN2OS. The first kappa shape index (κ1) is 16.8. The summed E-state index contributed by atoms with van der Waals surface area (Å²) in [5, 5.41) is 0. The van der Waals surface area contributed by atoms with Crippen LogP contribution in [-0.2, 0) is 4.74 Å². The molecule has 0 amide bonds. The fourth-order valence-electron chi connectivity index (χ4n) is 6.12. The Morgan fingerprint density at radius 1 is 1.16 bits per heavy atom. The molecule has 2 aliphatic heterocycles. The molecule has 134 valence electrons. The molecule has 0 N–H and O–H groups in total. The van der Waals surface area contributed by atoms with E-state index in [2.05, 4.69) is 50.7 Å². The Hall–Kier alpha value is -0.360. The van der Waals surface area contributed by atoms with E-state index in [-0.39, 0.29) is 11.1 Å². The quantitative estimate of drug-likeness (QED) is 0.627. The van der Waals surface area contributed by atoms with E-state index in [1.54, 1.807) is 0 Å². The van der Waals surface area contributed by atoms with Gasteiger partial charge in [-0.05, 0) is 80.3 Å².